The molecule has 4 nitrogen and oxygen atoms in total. The molecule has 1 heterocycles. The van der Waals surface area contributed by atoms with Crippen LogP contribution in [0.1, 0.15) is 31.7 Å². The molecule has 1 aliphatic heterocycles. The summed E-state index contributed by atoms with van der Waals surface area (Å²) in [6.07, 6.45) is 4.27. The number of hydrogen-bond acceptors (Lipinski definition) is 3. The lowest BCUT2D eigenvalue weighted by molar-refractivity contribution is -0.121. The highest BCUT2D eigenvalue weighted by Crippen LogP contribution is 2.09. The molecule has 20 heavy (non-hydrogen) atoms. The largest absolute Gasteiger partial charge is 0.370 e. The van der Waals surface area contributed by atoms with E-state index in [-0.39, 0.29) is 24.4 Å². The number of halogens is 1. The summed E-state index contributed by atoms with van der Waals surface area (Å²) in [5.41, 5.74) is 1.64. The topological polar surface area (TPSA) is 53.2 Å². The molecule has 0 radical (unpaired) electrons. The van der Waals surface area contributed by atoms with Gasteiger partial charge in [-0.1, -0.05) is 18.2 Å². The van der Waals surface area contributed by atoms with Gasteiger partial charge in [0.15, 0.2) is 0 Å². The Hall–Kier alpha value is -2.04. The minimum absolute atomic E-state index is 0.0483. The molecule has 108 valence electrons. The second kappa shape index (κ2) is 6.93. The third kappa shape index (κ3) is 4.26. The predicted molar refractivity (Wildman–Crippen MR) is 75.9 cm³/mol. The van der Waals surface area contributed by atoms with E-state index in [1.165, 1.54) is 6.07 Å². The second-order valence-corrected chi connectivity index (χ2v) is 4.92. The smallest absolute Gasteiger partial charge is 0.220 e. The molecule has 0 saturated heterocycles. The fourth-order valence-corrected chi connectivity index (χ4v) is 2.09. The fourth-order valence-electron chi connectivity index (χ4n) is 2.09. The number of nitrogens with one attached hydrogen (secondary N) is 3. The number of benzene rings is 1. The molecule has 0 saturated carbocycles. The molecule has 0 aromatic heterocycles. The van der Waals surface area contributed by atoms with Crippen molar-refractivity contribution in [2.24, 2.45) is 0 Å². The van der Waals surface area contributed by atoms with Gasteiger partial charge in [-0.15, -0.1) is 0 Å². The van der Waals surface area contributed by atoms with Gasteiger partial charge in [-0.2, -0.15) is 0 Å². The monoisotopic (exact) mass is 277 g/mol. The van der Waals surface area contributed by atoms with Gasteiger partial charge in [0, 0.05) is 30.4 Å². The third-order valence-electron chi connectivity index (χ3n) is 3.19. The van der Waals surface area contributed by atoms with E-state index in [1.54, 1.807) is 18.2 Å². The maximum atomic E-state index is 13.4. The Kier molecular flexibility index (Phi) is 4.98. The molecule has 1 amide bonds. The lowest BCUT2D eigenvalue weighted by atomic mass is 10.2. The first-order chi connectivity index (χ1) is 9.65. The van der Waals surface area contributed by atoms with E-state index in [9.17, 15) is 9.18 Å². The summed E-state index contributed by atoms with van der Waals surface area (Å²) in [5, 5.41) is 9.15. The lowest BCUT2D eigenvalue weighted by Gasteiger charge is -2.08. The van der Waals surface area contributed by atoms with Gasteiger partial charge >= 0.3 is 0 Å². The van der Waals surface area contributed by atoms with Crippen molar-refractivity contribution >= 4 is 5.91 Å². The molecular weight excluding hydrogens is 257 g/mol. The second-order valence-electron chi connectivity index (χ2n) is 4.92. The Balaban J connectivity index is 1.65. The molecule has 1 unspecified atom stereocenters. The summed E-state index contributed by atoms with van der Waals surface area (Å²) < 4.78 is 13.4. The Bertz CT molecular complexity index is 502. The number of rotatable bonds is 6. The number of carbonyl (C=O) groups excluding carboxylic acids is 1. The normalized spacial score (nSPS) is 17.1. The van der Waals surface area contributed by atoms with Gasteiger partial charge in [-0.05, 0) is 25.8 Å². The molecule has 0 fully saturated rings. The quantitative estimate of drug-likeness (QED) is 0.745. The fraction of sp³-hybridized carbons (Fsp3) is 0.400. The zero-order chi connectivity index (χ0) is 14.4. The summed E-state index contributed by atoms with van der Waals surface area (Å²) in [4.78, 5) is 11.7. The van der Waals surface area contributed by atoms with Gasteiger partial charge in [0.2, 0.25) is 5.91 Å². The highest BCUT2D eigenvalue weighted by molar-refractivity contribution is 5.75. The average molecular weight is 277 g/mol. The first-order valence-electron chi connectivity index (χ1n) is 6.87. The van der Waals surface area contributed by atoms with E-state index in [4.69, 9.17) is 0 Å². The van der Waals surface area contributed by atoms with Crippen LogP contribution >= 0.6 is 0 Å². The lowest BCUT2D eigenvalue weighted by Crippen LogP contribution is -2.28. The summed E-state index contributed by atoms with van der Waals surface area (Å²) in [5.74, 6) is -0.332. The summed E-state index contributed by atoms with van der Waals surface area (Å²) in [6, 6.07) is 6.47. The number of carbonyl (C=O) groups is 1. The van der Waals surface area contributed by atoms with Crippen molar-refractivity contribution < 1.29 is 9.18 Å². The van der Waals surface area contributed by atoms with Gasteiger partial charge in [-0.3, -0.25) is 4.79 Å². The van der Waals surface area contributed by atoms with Crippen LogP contribution in [-0.4, -0.2) is 12.1 Å². The van der Waals surface area contributed by atoms with Crippen molar-refractivity contribution in [3.8, 4) is 0 Å². The Labute approximate surface area is 118 Å². The third-order valence-corrected chi connectivity index (χ3v) is 3.19. The van der Waals surface area contributed by atoms with Crippen molar-refractivity contribution in [3.05, 3.63) is 47.5 Å². The molecule has 5 heteroatoms. The van der Waals surface area contributed by atoms with Gasteiger partial charge in [0.1, 0.15) is 5.82 Å². The molecule has 3 N–H and O–H groups in total. The van der Waals surface area contributed by atoms with E-state index in [1.807, 2.05) is 13.1 Å². The highest BCUT2D eigenvalue weighted by Gasteiger charge is 2.10. The summed E-state index contributed by atoms with van der Waals surface area (Å²) >= 11 is 0. The molecule has 1 aliphatic rings. The van der Waals surface area contributed by atoms with Crippen LogP contribution in [-0.2, 0) is 11.3 Å². The molecule has 1 atom stereocenters. The van der Waals surface area contributed by atoms with E-state index < -0.39 is 0 Å². The van der Waals surface area contributed by atoms with E-state index in [0.717, 1.165) is 18.5 Å². The Morgan fingerprint density at radius 1 is 1.40 bits per heavy atom. The van der Waals surface area contributed by atoms with E-state index in [0.29, 0.717) is 12.0 Å². The van der Waals surface area contributed by atoms with E-state index in [2.05, 4.69) is 16.0 Å². The minimum atomic E-state index is -0.284. The van der Waals surface area contributed by atoms with Gasteiger partial charge < -0.3 is 16.0 Å². The van der Waals surface area contributed by atoms with Crippen LogP contribution in [0, 0.1) is 5.82 Å². The van der Waals surface area contributed by atoms with Crippen molar-refractivity contribution in [1.29, 1.82) is 0 Å². The van der Waals surface area contributed by atoms with Crippen molar-refractivity contribution in [1.82, 2.24) is 16.0 Å². The first-order valence-corrected chi connectivity index (χ1v) is 6.87. The maximum Gasteiger partial charge on any atom is 0.220 e. The number of allylic oxidation sites excluding steroid dienone is 1. The molecule has 0 bridgehead atoms. The Morgan fingerprint density at radius 3 is 2.90 bits per heavy atom. The minimum Gasteiger partial charge on any atom is -0.370 e. The van der Waals surface area contributed by atoms with Crippen LogP contribution in [0.2, 0.25) is 0 Å². The molecular formula is C15H20FN3O. The van der Waals surface area contributed by atoms with Crippen LogP contribution in [0.4, 0.5) is 4.39 Å². The Morgan fingerprint density at radius 2 is 2.20 bits per heavy atom. The zero-order valence-corrected chi connectivity index (χ0v) is 11.6. The zero-order valence-electron chi connectivity index (χ0n) is 11.6. The van der Waals surface area contributed by atoms with Crippen LogP contribution < -0.4 is 16.0 Å². The van der Waals surface area contributed by atoms with Crippen LogP contribution in [0.3, 0.4) is 0 Å². The van der Waals surface area contributed by atoms with Crippen LogP contribution in [0.25, 0.3) is 0 Å². The van der Waals surface area contributed by atoms with Gasteiger partial charge in [-0.25, -0.2) is 4.39 Å². The summed E-state index contributed by atoms with van der Waals surface area (Å²) in [6.45, 7) is 2.27. The van der Waals surface area contributed by atoms with Crippen molar-refractivity contribution in [2.75, 3.05) is 0 Å². The van der Waals surface area contributed by atoms with E-state index >= 15 is 0 Å². The molecule has 1 aromatic rings. The molecule has 0 aliphatic carbocycles. The standard InChI is InChI=1S/C15H20FN3O/c1-11-17-10-13(19-11)6-4-8-15(20)18-9-12-5-2-3-7-14(12)16/h2-3,5,7,10-11,17,19H,4,6,8-9H2,1H3,(H,18,20). The SMILES string of the molecule is CC1NC=C(CCCC(=O)NCc2ccccc2F)N1. The number of hydrogen-bond donors (Lipinski definition) is 3. The van der Waals surface area contributed by atoms with Gasteiger partial charge in [0.05, 0.1) is 6.17 Å². The van der Waals surface area contributed by atoms with Crippen LogP contribution in [0.5, 0.6) is 0 Å². The molecule has 0 spiro atoms. The highest BCUT2D eigenvalue weighted by atomic mass is 19.1. The predicted octanol–water partition coefficient (Wildman–Crippen LogP) is 1.99. The van der Waals surface area contributed by atoms with Gasteiger partial charge in [0.25, 0.3) is 0 Å². The molecule has 2 rings (SSSR count). The van der Waals surface area contributed by atoms with Crippen molar-refractivity contribution in [2.45, 2.75) is 38.9 Å². The average Bonchev–Trinajstić information content (AvgIpc) is 2.83. The molecule has 1 aromatic carbocycles. The summed E-state index contributed by atoms with van der Waals surface area (Å²) in [7, 11) is 0. The number of amides is 1. The van der Waals surface area contributed by atoms with Crippen molar-refractivity contribution in [3.63, 3.8) is 0 Å². The van der Waals surface area contributed by atoms with Crippen LogP contribution in [0.15, 0.2) is 36.2 Å². The first kappa shape index (κ1) is 14.4. The maximum absolute atomic E-state index is 13.4.